The predicted octanol–water partition coefficient (Wildman–Crippen LogP) is 4.28. The Morgan fingerprint density at radius 1 is 1.06 bits per heavy atom. The lowest BCUT2D eigenvalue weighted by molar-refractivity contribution is 0.122. The zero-order valence-electron chi connectivity index (χ0n) is 19.0. The fourth-order valence-electron chi connectivity index (χ4n) is 4.35. The Morgan fingerprint density at radius 2 is 1.91 bits per heavy atom. The van der Waals surface area contributed by atoms with Gasteiger partial charge in [-0.2, -0.15) is 5.10 Å². The summed E-state index contributed by atoms with van der Waals surface area (Å²) in [6, 6.07) is 14.7. The highest BCUT2D eigenvalue weighted by atomic mass is 16.5. The SMILES string of the molecule is CCNc1n[nH]c2cc(-c3cn4ccnc4c(Nc4ccc(N5CCOCC5)cc4)n3)ccc12. The molecule has 0 unspecified atom stereocenters. The number of H-pyrrole nitrogens is 1. The van der Waals surface area contributed by atoms with E-state index >= 15 is 0 Å². The maximum atomic E-state index is 5.46. The van der Waals surface area contributed by atoms with E-state index in [0.717, 1.165) is 72.2 Å². The van der Waals surface area contributed by atoms with E-state index < -0.39 is 0 Å². The summed E-state index contributed by atoms with van der Waals surface area (Å²) in [7, 11) is 0. The monoisotopic (exact) mass is 454 g/mol. The third-order valence-corrected chi connectivity index (χ3v) is 6.08. The van der Waals surface area contributed by atoms with Gasteiger partial charge in [0, 0.05) is 60.5 Å². The summed E-state index contributed by atoms with van der Waals surface area (Å²) in [5.41, 5.74) is 5.75. The third-order valence-electron chi connectivity index (χ3n) is 6.08. The lowest BCUT2D eigenvalue weighted by atomic mass is 10.1. The van der Waals surface area contributed by atoms with Crippen molar-refractivity contribution in [2.75, 3.05) is 48.4 Å². The second-order valence-electron chi connectivity index (χ2n) is 8.27. The van der Waals surface area contributed by atoms with Gasteiger partial charge in [0.05, 0.1) is 24.4 Å². The number of hydrogen-bond acceptors (Lipinski definition) is 7. The molecule has 172 valence electrons. The van der Waals surface area contributed by atoms with Gasteiger partial charge in [0.25, 0.3) is 0 Å². The molecule has 1 saturated heterocycles. The van der Waals surface area contributed by atoms with E-state index in [2.05, 4.69) is 80.1 Å². The molecule has 0 amide bonds. The number of nitrogens with one attached hydrogen (secondary N) is 3. The molecule has 1 aliphatic rings. The van der Waals surface area contributed by atoms with Crippen molar-refractivity contribution in [3.63, 3.8) is 0 Å². The van der Waals surface area contributed by atoms with Crippen molar-refractivity contribution in [2.24, 2.45) is 0 Å². The zero-order chi connectivity index (χ0) is 22.9. The molecule has 3 aromatic heterocycles. The number of nitrogens with zero attached hydrogens (tertiary/aromatic N) is 5. The molecular weight excluding hydrogens is 428 g/mol. The van der Waals surface area contributed by atoms with Crippen LogP contribution in [0.4, 0.5) is 23.0 Å². The first-order valence-electron chi connectivity index (χ1n) is 11.5. The number of aromatic amines is 1. The topological polar surface area (TPSA) is 95.4 Å². The summed E-state index contributed by atoms with van der Waals surface area (Å²) in [5, 5.41) is 15.3. The fourth-order valence-corrected chi connectivity index (χ4v) is 4.35. The molecule has 0 bridgehead atoms. The van der Waals surface area contributed by atoms with Gasteiger partial charge in [-0.15, -0.1) is 0 Å². The van der Waals surface area contributed by atoms with E-state index in [1.807, 2.05) is 16.8 Å². The highest BCUT2D eigenvalue weighted by molar-refractivity contribution is 5.92. The lowest BCUT2D eigenvalue weighted by Crippen LogP contribution is -2.36. The number of rotatable bonds is 6. The molecule has 9 heteroatoms. The van der Waals surface area contributed by atoms with E-state index in [0.29, 0.717) is 5.82 Å². The van der Waals surface area contributed by atoms with Crippen molar-refractivity contribution in [1.29, 1.82) is 0 Å². The molecule has 4 heterocycles. The lowest BCUT2D eigenvalue weighted by Gasteiger charge is -2.28. The molecule has 34 heavy (non-hydrogen) atoms. The second kappa shape index (κ2) is 8.68. The third kappa shape index (κ3) is 3.80. The maximum Gasteiger partial charge on any atom is 0.180 e. The van der Waals surface area contributed by atoms with Crippen LogP contribution in [0.2, 0.25) is 0 Å². The van der Waals surface area contributed by atoms with E-state index in [1.165, 1.54) is 5.69 Å². The number of fused-ring (bicyclic) bond motifs is 2. The van der Waals surface area contributed by atoms with Crippen LogP contribution in [0.15, 0.2) is 61.1 Å². The van der Waals surface area contributed by atoms with Crippen molar-refractivity contribution in [3.05, 3.63) is 61.1 Å². The number of benzene rings is 2. The molecular formula is C25H26N8O. The molecule has 0 saturated carbocycles. The average molecular weight is 455 g/mol. The maximum absolute atomic E-state index is 5.46. The number of anilines is 4. The Hall–Kier alpha value is -4.11. The van der Waals surface area contributed by atoms with E-state index in [9.17, 15) is 0 Å². The van der Waals surface area contributed by atoms with Crippen LogP contribution in [-0.4, -0.2) is 57.4 Å². The van der Waals surface area contributed by atoms with Crippen LogP contribution in [0, 0.1) is 0 Å². The molecule has 0 radical (unpaired) electrons. The van der Waals surface area contributed by atoms with Crippen molar-refractivity contribution in [2.45, 2.75) is 6.92 Å². The standard InChI is InChI=1S/C25H26N8O/c1-2-26-23-20-8-3-17(15-21(20)30-31-23)22-16-33-10-9-27-25(33)24(29-22)28-18-4-6-19(7-5-18)32-11-13-34-14-12-32/h3-10,15-16H,2,11-14H2,1H3,(H,28,29)(H2,26,30,31). The minimum Gasteiger partial charge on any atom is -0.378 e. The zero-order valence-corrected chi connectivity index (χ0v) is 19.0. The Bertz CT molecular complexity index is 1430. The smallest absolute Gasteiger partial charge is 0.180 e. The van der Waals surface area contributed by atoms with Crippen LogP contribution in [0.1, 0.15) is 6.92 Å². The molecule has 0 spiro atoms. The molecule has 6 rings (SSSR count). The number of aromatic nitrogens is 5. The van der Waals surface area contributed by atoms with Crippen LogP contribution < -0.4 is 15.5 Å². The van der Waals surface area contributed by atoms with Crippen LogP contribution in [0.5, 0.6) is 0 Å². The van der Waals surface area contributed by atoms with Crippen molar-refractivity contribution in [1.82, 2.24) is 24.6 Å². The highest BCUT2D eigenvalue weighted by Crippen LogP contribution is 2.29. The van der Waals surface area contributed by atoms with Crippen LogP contribution >= 0.6 is 0 Å². The Labute approximate surface area is 196 Å². The first kappa shape index (κ1) is 20.5. The largest absolute Gasteiger partial charge is 0.378 e. The van der Waals surface area contributed by atoms with Crippen LogP contribution in [-0.2, 0) is 4.74 Å². The van der Waals surface area contributed by atoms with Gasteiger partial charge in [0.1, 0.15) is 0 Å². The van der Waals surface area contributed by atoms with Gasteiger partial charge < -0.3 is 24.7 Å². The molecule has 0 aliphatic carbocycles. The van der Waals surface area contributed by atoms with E-state index in [1.54, 1.807) is 6.20 Å². The Morgan fingerprint density at radius 3 is 2.74 bits per heavy atom. The number of ether oxygens (including phenoxy) is 1. The van der Waals surface area contributed by atoms with Gasteiger partial charge in [-0.1, -0.05) is 6.07 Å². The molecule has 0 atom stereocenters. The Balaban J connectivity index is 1.32. The molecule has 9 nitrogen and oxygen atoms in total. The summed E-state index contributed by atoms with van der Waals surface area (Å²) >= 11 is 0. The average Bonchev–Trinajstić information content (AvgIpc) is 3.52. The normalized spacial score (nSPS) is 14.1. The molecule has 2 aromatic carbocycles. The summed E-state index contributed by atoms with van der Waals surface area (Å²) in [6.45, 7) is 6.26. The van der Waals surface area contributed by atoms with E-state index in [4.69, 9.17) is 9.72 Å². The minimum atomic E-state index is 0.708. The van der Waals surface area contributed by atoms with Crippen molar-refractivity contribution in [3.8, 4) is 11.3 Å². The molecule has 5 aromatic rings. The van der Waals surface area contributed by atoms with E-state index in [-0.39, 0.29) is 0 Å². The number of imidazole rings is 1. The number of morpholine rings is 1. The molecule has 1 aliphatic heterocycles. The Kier molecular flexibility index (Phi) is 5.23. The van der Waals surface area contributed by atoms with Gasteiger partial charge in [-0.25, -0.2) is 9.97 Å². The first-order chi connectivity index (χ1) is 16.8. The summed E-state index contributed by atoms with van der Waals surface area (Å²) in [5.74, 6) is 1.57. The van der Waals surface area contributed by atoms with Crippen LogP contribution in [0.25, 0.3) is 27.8 Å². The van der Waals surface area contributed by atoms with Gasteiger partial charge in [0.2, 0.25) is 0 Å². The molecule has 3 N–H and O–H groups in total. The minimum absolute atomic E-state index is 0.708. The second-order valence-corrected chi connectivity index (χ2v) is 8.27. The summed E-state index contributed by atoms with van der Waals surface area (Å²) in [6.07, 6.45) is 5.72. The first-order valence-corrected chi connectivity index (χ1v) is 11.5. The summed E-state index contributed by atoms with van der Waals surface area (Å²) in [4.78, 5) is 11.8. The van der Waals surface area contributed by atoms with Crippen molar-refractivity contribution < 1.29 is 4.74 Å². The van der Waals surface area contributed by atoms with Gasteiger partial charge in [-0.05, 0) is 43.3 Å². The van der Waals surface area contributed by atoms with Gasteiger partial charge in [0.15, 0.2) is 17.3 Å². The fraction of sp³-hybridized carbons (Fsp3) is 0.240. The van der Waals surface area contributed by atoms with Gasteiger partial charge >= 0.3 is 0 Å². The van der Waals surface area contributed by atoms with Crippen molar-refractivity contribution >= 4 is 39.6 Å². The molecule has 1 fully saturated rings. The number of hydrogen-bond donors (Lipinski definition) is 3. The quantitative estimate of drug-likeness (QED) is 0.352. The predicted molar refractivity (Wildman–Crippen MR) is 135 cm³/mol. The summed E-state index contributed by atoms with van der Waals surface area (Å²) < 4.78 is 7.45. The van der Waals surface area contributed by atoms with Gasteiger partial charge in [-0.3, -0.25) is 5.10 Å². The van der Waals surface area contributed by atoms with Crippen LogP contribution in [0.3, 0.4) is 0 Å². The highest BCUT2D eigenvalue weighted by Gasteiger charge is 2.13.